The molecule has 3 N–H and O–H groups in total. The molecule has 2 rings (SSSR count). The van der Waals surface area contributed by atoms with Crippen molar-refractivity contribution in [2.24, 2.45) is 0 Å². The van der Waals surface area contributed by atoms with Crippen molar-refractivity contribution in [2.75, 3.05) is 11.9 Å². The lowest BCUT2D eigenvalue weighted by Crippen LogP contribution is -2.12. The Hall–Kier alpha value is -2.65. The SMILES string of the molecule is O=C(Nc1ccc(C#CCO)c(F)c1)c1ccn[nH]1. The van der Waals surface area contributed by atoms with Crippen LogP contribution in [0, 0.1) is 17.7 Å². The molecular weight excluding hydrogens is 249 g/mol. The van der Waals surface area contributed by atoms with Crippen LogP contribution in [0.4, 0.5) is 10.1 Å². The fraction of sp³-hybridized carbons (Fsp3) is 0.0769. The van der Waals surface area contributed by atoms with Gasteiger partial charge in [-0.05, 0) is 24.3 Å². The highest BCUT2D eigenvalue weighted by Crippen LogP contribution is 2.14. The normalized spacial score (nSPS) is 9.58. The highest BCUT2D eigenvalue weighted by atomic mass is 19.1. The topological polar surface area (TPSA) is 78.0 Å². The lowest BCUT2D eigenvalue weighted by molar-refractivity contribution is 0.102. The summed E-state index contributed by atoms with van der Waals surface area (Å²) in [6, 6.07) is 5.63. The predicted molar refractivity (Wildman–Crippen MR) is 66.9 cm³/mol. The van der Waals surface area contributed by atoms with Crippen molar-refractivity contribution in [3.63, 3.8) is 0 Å². The largest absolute Gasteiger partial charge is 0.384 e. The molecule has 5 nitrogen and oxygen atoms in total. The van der Waals surface area contributed by atoms with E-state index < -0.39 is 11.7 Å². The second kappa shape index (κ2) is 5.80. The standard InChI is InChI=1S/C13H10FN3O2/c14-11-8-10(4-3-9(11)2-1-7-18)16-13(19)12-5-6-15-17-12/h3-6,8,18H,7H2,(H,15,17)(H,16,19). The predicted octanol–water partition coefficient (Wildman–Crippen LogP) is 1.14. The molecule has 0 bridgehead atoms. The van der Waals surface area contributed by atoms with Gasteiger partial charge in [0.1, 0.15) is 18.1 Å². The van der Waals surface area contributed by atoms with Gasteiger partial charge in [-0.3, -0.25) is 9.89 Å². The average Bonchev–Trinajstić information content (AvgIpc) is 2.92. The summed E-state index contributed by atoms with van der Waals surface area (Å²) in [5.41, 5.74) is 0.754. The van der Waals surface area contributed by atoms with Gasteiger partial charge in [0, 0.05) is 11.9 Å². The number of aromatic amines is 1. The van der Waals surface area contributed by atoms with E-state index in [9.17, 15) is 9.18 Å². The van der Waals surface area contributed by atoms with E-state index in [1.807, 2.05) is 0 Å². The molecule has 96 valence electrons. The highest BCUT2D eigenvalue weighted by molar-refractivity contribution is 6.02. The van der Waals surface area contributed by atoms with Gasteiger partial charge in [0.15, 0.2) is 0 Å². The van der Waals surface area contributed by atoms with Crippen LogP contribution in [0.5, 0.6) is 0 Å². The summed E-state index contributed by atoms with van der Waals surface area (Å²) in [7, 11) is 0. The number of hydrogen-bond acceptors (Lipinski definition) is 3. The van der Waals surface area contributed by atoms with Gasteiger partial charge in [-0.25, -0.2) is 4.39 Å². The van der Waals surface area contributed by atoms with E-state index in [4.69, 9.17) is 5.11 Å². The zero-order valence-electron chi connectivity index (χ0n) is 9.77. The van der Waals surface area contributed by atoms with Crippen LogP contribution in [0.2, 0.25) is 0 Å². The van der Waals surface area contributed by atoms with E-state index in [1.54, 1.807) is 0 Å². The van der Waals surface area contributed by atoms with Crippen molar-refractivity contribution < 1.29 is 14.3 Å². The fourth-order valence-corrected chi connectivity index (χ4v) is 1.41. The number of halogens is 1. The molecule has 0 radical (unpaired) electrons. The Balaban J connectivity index is 2.14. The molecule has 1 amide bonds. The lowest BCUT2D eigenvalue weighted by Gasteiger charge is -2.04. The van der Waals surface area contributed by atoms with Crippen LogP contribution in [0.1, 0.15) is 16.1 Å². The third-order valence-corrected chi connectivity index (χ3v) is 2.27. The molecule has 1 aromatic heterocycles. The Morgan fingerprint density at radius 3 is 2.95 bits per heavy atom. The first kappa shape index (κ1) is 12.8. The van der Waals surface area contributed by atoms with Gasteiger partial charge in [-0.1, -0.05) is 11.8 Å². The molecule has 1 heterocycles. The summed E-state index contributed by atoms with van der Waals surface area (Å²) in [6.45, 7) is -0.336. The van der Waals surface area contributed by atoms with Crippen LogP contribution in [0.15, 0.2) is 30.5 Å². The van der Waals surface area contributed by atoms with E-state index in [1.165, 1.54) is 24.4 Å². The molecule has 6 heteroatoms. The number of aliphatic hydroxyl groups excluding tert-OH is 1. The lowest BCUT2D eigenvalue weighted by atomic mass is 10.2. The zero-order valence-corrected chi connectivity index (χ0v) is 9.77. The summed E-state index contributed by atoms with van der Waals surface area (Å²) in [4.78, 5) is 11.7. The quantitative estimate of drug-likeness (QED) is 0.708. The third kappa shape index (κ3) is 3.18. The molecule has 0 atom stereocenters. The van der Waals surface area contributed by atoms with Crippen LogP contribution in [0.3, 0.4) is 0 Å². The average molecular weight is 259 g/mol. The van der Waals surface area contributed by atoms with Gasteiger partial charge in [0.05, 0.1) is 5.56 Å². The Kier molecular flexibility index (Phi) is 3.90. The Labute approximate surface area is 108 Å². The van der Waals surface area contributed by atoms with E-state index in [2.05, 4.69) is 27.4 Å². The summed E-state index contributed by atoms with van der Waals surface area (Å²) in [6.07, 6.45) is 1.45. The number of nitrogens with zero attached hydrogens (tertiary/aromatic N) is 1. The number of nitrogens with one attached hydrogen (secondary N) is 2. The van der Waals surface area contributed by atoms with E-state index in [0.717, 1.165) is 6.07 Å². The van der Waals surface area contributed by atoms with Gasteiger partial charge in [0.25, 0.3) is 5.91 Å². The zero-order chi connectivity index (χ0) is 13.7. The molecule has 0 saturated heterocycles. The Bertz CT molecular complexity index is 642. The maximum atomic E-state index is 13.6. The van der Waals surface area contributed by atoms with Crippen molar-refractivity contribution >= 4 is 11.6 Å². The molecule has 19 heavy (non-hydrogen) atoms. The summed E-state index contributed by atoms with van der Waals surface area (Å²) in [5.74, 6) is 3.84. The molecule has 0 unspecified atom stereocenters. The van der Waals surface area contributed by atoms with Crippen molar-refractivity contribution in [3.05, 3.63) is 47.5 Å². The van der Waals surface area contributed by atoms with Gasteiger partial charge >= 0.3 is 0 Å². The first-order valence-corrected chi connectivity index (χ1v) is 5.40. The Morgan fingerprint density at radius 1 is 1.47 bits per heavy atom. The minimum absolute atomic E-state index is 0.161. The fourth-order valence-electron chi connectivity index (χ4n) is 1.41. The molecule has 0 aliphatic rings. The van der Waals surface area contributed by atoms with Crippen LogP contribution in [-0.4, -0.2) is 27.8 Å². The van der Waals surface area contributed by atoms with Crippen molar-refractivity contribution in [2.45, 2.75) is 0 Å². The van der Waals surface area contributed by atoms with Crippen molar-refractivity contribution in [3.8, 4) is 11.8 Å². The van der Waals surface area contributed by atoms with E-state index >= 15 is 0 Å². The van der Waals surface area contributed by atoms with Crippen molar-refractivity contribution in [1.82, 2.24) is 10.2 Å². The number of aliphatic hydroxyl groups is 1. The summed E-state index contributed by atoms with van der Waals surface area (Å²) >= 11 is 0. The number of amides is 1. The first-order chi connectivity index (χ1) is 9.20. The van der Waals surface area contributed by atoms with Gasteiger partial charge in [-0.2, -0.15) is 5.10 Å². The summed E-state index contributed by atoms with van der Waals surface area (Å²) < 4.78 is 13.6. The van der Waals surface area contributed by atoms with Crippen LogP contribution in [-0.2, 0) is 0 Å². The molecule has 0 aliphatic carbocycles. The minimum atomic E-state index is -0.566. The minimum Gasteiger partial charge on any atom is -0.384 e. The Morgan fingerprint density at radius 2 is 2.32 bits per heavy atom. The number of aromatic nitrogens is 2. The van der Waals surface area contributed by atoms with E-state index in [0.29, 0.717) is 5.69 Å². The molecule has 0 aliphatic heterocycles. The molecule has 0 spiro atoms. The number of anilines is 1. The van der Waals surface area contributed by atoms with Gasteiger partial charge in [-0.15, -0.1) is 0 Å². The number of H-pyrrole nitrogens is 1. The monoisotopic (exact) mass is 259 g/mol. The molecule has 1 aromatic carbocycles. The number of hydrogen-bond donors (Lipinski definition) is 3. The van der Waals surface area contributed by atoms with Gasteiger partial charge < -0.3 is 10.4 Å². The third-order valence-electron chi connectivity index (χ3n) is 2.27. The van der Waals surface area contributed by atoms with Gasteiger partial charge in [0.2, 0.25) is 0 Å². The maximum Gasteiger partial charge on any atom is 0.273 e. The smallest absolute Gasteiger partial charge is 0.273 e. The van der Waals surface area contributed by atoms with Crippen LogP contribution >= 0.6 is 0 Å². The van der Waals surface area contributed by atoms with Crippen LogP contribution < -0.4 is 5.32 Å². The molecule has 0 saturated carbocycles. The molecular formula is C13H10FN3O2. The molecule has 2 aromatic rings. The molecule has 0 fully saturated rings. The highest BCUT2D eigenvalue weighted by Gasteiger charge is 2.08. The number of benzene rings is 1. The maximum absolute atomic E-state index is 13.6. The number of carbonyl (C=O) groups excluding carboxylic acids is 1. The summed E-state index contributed by atoms with van der Waals surface area (Å²) in [5, 5.41) is 17.2. The van der Waals surface area contributed by atoms with Crippen molar-refractivity contribution in [1.29, 1.82) is 0 Å². The second-order valence-electron chi connectivity index (χ2n) is 3.58. The number of rotatable bonds is 2. The second-order valence-corrected chi connectivity index (χ2v) is 3.58. The van der Waals surface area contributed by atoms with E-state index in [-0.39, 0.29) is 17.9 Å². The number of carbonyl (C=O) groups is 1. The first-order valence-electron chi connectivity index (χ1n) is 5.40. The van der Waals surface area contributed by atoms with Crippen LogP contribution in [0.25, 0.3) is 0 Å².